The van der Waals surface area contributed by atoms with E-state index in [4.69, 9.17) is 13.9 Å². The predicted molar refractivity (Wildman–Crippen MR) is 109 cm³/mol. The lowest BCUT2D eigenvalue weighted by Gasteiger charge is -2.09. The highest BCUT2D eigenvalue weighted by Crippen LogP contribution is 2.37. The van der Waals surface area contributed by atoms with Gasteiger partial charge in [-0.25, -0.2) is 4.79 Å². The van der Waals surface area contributed by atoms with Crippen LogP contribution in [0.4, 0.5) is 5.88 Å². The molecule has 1 aliphatic rings. The molecule has 158 valence electrons. The molecular formula is C21H21NO7S. The summed E-state index contributed by atoms with van der Waals surface area (Å²) in [5.41, 5.74) is 0.958. The van der Waals surface area contributed by atoms with Crippen LogP contribution in [0.1, 0.15) is 45.9 Å². The fourth-order valence-corrected chi connectivity index (χ4v) is 4.35. The first-order valence-corrected chi connectivity index (χ1v) is 10.2. The summed E-state index contributed by atoms with van der Waals surface area (Å²) in [4.78, 5) is 49.8. The van der Waals surface area contributed by atoms with E-state index in [0.717, 1.165) is 10.5 Å². The van der Waals surface area contributed by atoms with Gasteiger partial charge in [0.25, 0.3) is 5.91 Å². The number of anilines is 1. The minimum atomic E-state index is -0.785. The molecule has 0 spiro atoms. The molecule has 0 radical (unpaired) electrons. The smallest absolute Gasteiger partial charge is 0.344 e. The van der Waals surface area contributed by atoms with Gasteiger partial charge in [-0.3, -0.25) is 19.7 Å². The van der Waals surface area contributed by atoms with Crippen LogP contribution in [0.5, 0.6) is 0 Å². The molecular weight excluding hydrogens is 410 g/mol. The third-order valence-electron chi connectivity index (χ3n) is 4.42. The number of carbonyl (C=O) groups is 4. The van der Waals surface area contributed by atoms with E-state index in [2.05, 4.69) is 5.32 Å². The molecule has 1 amide bonds. The number of rotatable bonds is 7. The molecule has 8 nitrogen and oxygen atoms in total. The topological polar surface area (TPSA) is 112 Å². The second-order valence-electron chi connectivity index (χ2n) is 6.59. The Morgan fingerprint density at radius 2 is 1.90 bits per heavy atom. The molecule has 2 aromatic rings. The molecule has 3 rings (SSSR count). The third kappa shape index (κ3) is 4.56. The molecule has 9 heteroatoms. The number of hydrogen-bond acceptors (Lipinski definition) is 8. The maximum absolute atomic E-state index is 12.3. The van der Waals surface area contributed by atoms with Gasteiger partial charge in [-0.1, -0.05) is 18.2 Å². The number of amides is 1. The third-order valence-corrected chi connectivity index (χ3v) is 5.72. The van der Waals surface area contributed by atoms with Crippen molar-refractivity contribution in [1.82, 2.24) is 0 Å². The summed E-state index contributed by atoms with van der Waals surface area (Å²) < 4.78 is 15.5. The summed E-state index contributed by atoms with van der Waals surface area (Å²) in [6.45, 7) is 3.95. The fraction of sp³-hybridized carbons (Fsp3) is 0.333. The molecule has 30 heavy (non-hydrogen) atoms. The van der Waals surface area contributed by atoms with Crippen molar-refractivity contribution >= 4 is 41.3 Å². The van der Waals surface area contributed by atoms with Gasteiger partial charge < -0.3 is 13.9 Å². The lowest BCUT2D eigenvalue weighted by atomic mass is 10.1. The lowest BCUT2D eigenvalue weighted by molar-refractivity contribution is -0.146. The first-order chi connectivity index (χ1) is 14.3. The minimum Gasteiger partial charge on any atom is -0.462 e. The first kappa shape index (κ1) is 21.6. The number of benzene rings is 1. The van der Waals surface area contributed by atoms with Gasteiger partial charge in [-0.05, 0) is 38.8 Å². The highest BCUT2D eigenvalue weighted by molar-refractivity contribution is 8.01. The molecule has 1 unspecified atom stereocenters. The molecule has 1 aromatic carbocycles. The van der Waals surface area contributed by atoms with Crippen molar-refractivity contribution in [3.8, 4) is 0 Å². The summed E-state index contributed by atoms with van der Waals surface area (Å²) >= 11 is 1.40. The quantitative estimate of drug-likeness (QED) is 0.526. The summed E-state index contributed by atoms with van der Waals surface area (Å²) in [6, 6.07) is 7.69. The van der Waals surface area contributed by atoms with Crippen LogP contribution in [-0.2, 0) is 25.5 Å². The lowest BCUT2D eigenvalue weighted by Crippen LogP contribution is -2.26. The van der Waals surface area contributed by atoms with Gasteiger partial charge in [0.2, 0.25) is 5.88 Å². The molecule has 0 saturated heterocycles. The van der Waals surface area contributed by atoms with Gasteiger partial charge in [-0.2, -0.15) is 0 Å². The van der Waals surface area contributed by atoms with Crippen LogP contribution in [0.3, 0.4) is 0 Å². The van der Waals surface area contributed by atoms with Gasteiger partial charge in [0.15, 0.2) is 12.4 Å². The number of fused-ring (bicyclic) bond motifs is 1. The fourth-order valence-electron chi connectivity index (χ4n) is 3.16. The van der Waals surface area contributed by atoms with Crippen LogP contribution >= 0.6 is 11.8 Å². The van der Waals surface area contributed by atoms with Crippen molar-refractivity contribution in [2.75, 3.05) is 18.5 Å². The van der Waals surface area contributed by atoms with E-state index in [9.17, 15) is 19.2 Å². The second-order valence-corrected chi connectivity index (χ2v) is 7.83. The van der Waals surface area contributed by atoms with E-state index in [1.165, 1.54) is 25.6 Å². The van der Waals surface area contributed by atoms with Crippen molar-refractivity contribution < 1.29 is 33.1 Å². The average molecular weight is 431 g/mol. The van der Waals surface area contributed by atoms with E-state index in [-0.39, 0.29) is 29.4 Å². The number of aryl methyl sites for hydroxylation is 1. The molecule has 1 aliphatic heterocycles. The normalized spacial score (nSPS) is 14.7. The number of esters is 2. The average Bonchev–Trinajstić information content (AvgIpc) is 3.27. The van der Waals surface area contributed by atoms with Gasteiger partial charge in [0.05, 0.1) is 12.2 Å². The van der Waals surface area contributed by atoms with Crippen LogP contribution in [-0.4, -0.2) is 42.1 Å². The number of ether oxygens (including phenoxy) is 2. The number of furan rings is 1. The molecule has 0 aliphatic carbocycles. The molecule has 0 bridgehead atoms. The van der Waals surface area contributed by atoms with E-state index < -0.39 is 35.5 Å². The SMILES string of the molecule is CCOC(=O)c1c(NC(=O)COC(=O)C2Cc3ccccc3S2)oc(C)c1C(C)=O. The van der Waals surface area contributed by atoms with Crippen molar-refractivity contribution in [2.24, 2.45) is 0 Å². The van der Waals surface area contributed by atoms with Crippen molar-refractivity contribution in [3.05, 3.63) is 46.7 Å². The number of hydrogen-bond donors (Lipinski definition) is 1. The Kier molecular flexibility index (Phi) is 6.61. The van der Waals surface area contributed by atoms with Gasteiger partial charge in [-0.15, -0.1) is 11.8 Å². The Hall–Kier alpha value is -3.07. The number of Topliss-reactive ketones (excluding diaryl/α,β-unsaturated/α-hetero) is 1. The number of ketones is 1. The first-order valence-electron chi connectivity index (χ1n) is 9.34. The highest BCUT2D eigenvalue weighted by Gasteiger charge is 2.31. The van der Waals surface area contributed by atoms with Crippen molar-refractivity contribution in [2.45, 2.75) is 37.3 Å². The minimum absolute atomic E-state index is 0.0425. The Balaban J connectivity index is 1.64. The Labute approximate surface area is 177 Å². The van der Waals surface area contributed by atoms with Gasteiger partial charge in [0.1, 0.15) is 16.6 Å². The maximum Gasteiger partial charge on any atom is 0.344 e. The molecule has 2 heterocycles. The van der Waals surface area contributed by atoms with Crippen molar-refractivity contribution in [3.63, 3.8) is 0 Å². The predicted octanol–water partition coefficient (Wildman–Crippen LogP) is 3.17. The zero-order chi connectivity index (χ0) is 21.8. The Morgan fingerprint density at radius 3 is 2.57 bits per heavy atom. The summed E-state index contributed by atoms with van der Waals surface area (Å²) in [6.07, 6.45) is 0.535. The summed E-state index contributed by atoms with van der Waals surface area (Å²) in [7, 11) is 0. The highest BCUT2D eigenvalue weighted by atomic mass is 32.2. The second kappa shape index (κ2) is 9.17. The van der Waals surface area contributed by atoms with Crippen molar-refractivity contribution in [1.29, 1.82) is 0 Å². The Morgan fingerprint density at radius 1 is 1.17 bits per heavy atom. The standard InChI is InChI=1S/C21H21NO7S/c1-4-27-21(26)18-17(11(2)23)12(3)29-19(18)22-16(24)10-28-20(25)15-9-13-7-5-6-8-14(13)30-15/h5-8,15H,4,9-10H2,1-3H3,(H,22,24). The maximum atomic E-state index is 12.3. The van der Waals surface area contributed by atoms with Crippen LogP contribution in [0.25, 0.3) is 0 Å². The van der Waals surface area contributed by atoms with Gasteiger partial charge in [0, 0.05) is 4.90 Å². The van der Waals surface area contributed by atoms with Crippen LogP contribution in [0.15, 0.2) is 33.6 Å². The van der Waals surface area contributed by atoms with Crippen LogP contribution < -0.4 is 5.32 Å². The number of nitrogens with one attached hydrogen (secondary N) is 1. The number of thioether (sulfide) groups is 1. The van der Waals surface area contributed by atoms with E-state index in [1.807, 2.05) is 24.3 Å². The molecule has 0 saturated carbocycles. The van der Waals surface area contributed by atoms with Crippen LogP contribution in [0, 0.1) is 6.92 Å². The van der Waals surface area contributed by atoms with Crippen LogP contribution in [0.2, 0.25) is 0 Å². The van der Waals surface area contributed by atoms with Gasteiger partial charge >= 0.3 is 11.9 Å². The largest absolute Gasteiger partial charge is 0.462 e. The molecule has 0 fully saturated rings. The zero-order valence-electron chi connectivity index (χ0n) is 16.8. The zero-order valence-corrected chi connectivity index (χ0v) is 17.6. The summed E-state index contributed by atoms with van der Waals surface area (Å²) in [5, 5.41) is 1.97. The molecule has 1 N–H and O–H groups in total. The Bertz CT molecular complexity index is 986. The van der Waals surface area contributed by atoms with E-state index in [1.54, 1.807) is 6.92 Å². The summed E-state index contributed by atoms with van der Waals surface area (Å²) in [5.74, 6) is -2.41. The van der Waals surface area contributed by atoms with E-state index >= 15 is 0 Å². The monoisotopic (exact) mass is 431 g/mol. The molecule has 1 aromatic heterocycles. The number of carbonyl (C=O) groups excluding carboxylic acids is 4. The van der Waals surface area contributed by atoms with E-state index in [0.29, 0.717) is 6.42 Å². The molecule has 1 atom stereocenters.